The minimum Gasteiger partial charge on any atom is -0.352 e. The van der Waals surface area contributed by atoms with Crippen molar-refractivity contribution >= 4 is 11.8 Å². The topological polar surface area (TPSA) is 80.1 Å². The van der Waals surface area contributed by atoms with Crippen LogP contribution in [-0.2, 0) is 24.3 Å². The number of aromatic nitrogens is 3. The third-order valence-electron chi connectivity index (χ3n) is 5.36. The van der Waals surface area contributed by atoms with Gasteiger partial charge in [0.1, 0.15) is 5.82 Å². The zero-order chi connectivity index (χ0) is 21.1. The molecule has 0 spiro atoms. The van der Waals surface area contributed by atoms with Gasteiger partial charge >= 0.3 is 0 Å². The first-order valence-corrected chi connectivity index (χ1v) is 10.1. The molecule has 154 valence electrons. The number of hydrogen-bond donors (Lipinski definition) is 1. The Morgan fingerprint density at radius 2 is 2.07 bits per heavy atom. The number of aryl methyl sites for hydroxylation is 1. The van der Waals surface area contributed by atoms with E-state index in [2.05, 4.69) is 19.9 Å². The van der Waals surface area contributed by atoms with Crippen LogP contribution < -0.4 is 5.32 Å². The third kappa shape index (κ3) is 4.25. The second kappa shape index (κ2) is 8.49. The molecule has 0 radical (unpaired) electrons. The molecule has 7 heteroatoms. The van der Waals surface area contributed by atoms with E-state index in [0.717, 1.165) is 17.0 Å². The molecule has 0 saturated carbocycles. The molecular formula is C23H25N5O2. The highest BCUT2D eigenvalue weighted by Crippen LogP contribution is 2.26. The summed E-state index contributed by atoms with van der Waals surface area (Å²) < 4.78 is 2.05. The van der Waals surface area contributed by atoms with Crippen LogP contribution >= 0.6 is 0 Å². The molecule has 1 aromatic carbocycles. The summed E-state index contributed by atoms with van der Waals surface area (Å²) in [7, 11) is 0. The Morgan fingerprint density at radius 1 is 1.20 bits per heavy atom. The first-order valence-electron chi connectivity index (χ1n) is 10.1. The summed E-state index contributed by atoms with van der Waals surface area (Å²) in [6.45, 7) is 5.69. The summed E-state index contributed by atoms with van der Waals surface area (Å²) in [5.74, 6) is 0.739. The summed E-state index contributed by atoms with van der Waals surface area (Å²) in [6.07, 6.45) is 5.56. The number of fused-ring (bicyclic) bond motifs is 1. The fourth-order valence-electron chi connectivity index (χ4n) is 3.78. The quantitative estimate of drug-likeness (QED) is 0.710. The Labute approximate surface area is 175 Å². The Bertz CT molecular complexity index is 1060. The van der Waals surface area contributed by atoms with Crippen molar-refractivity contribution < 1.29 is 9.59 Å². The smallest absolute Gasteiger partial charge is 0.254 e. The highest BCUT2D eigenvalue weighted by molar-refractivity contribution is 5.94. The fourth-order valence-corrected chi connectivity index (χ4v) is 3.78. The van der Waals surface area contributed by atoms with Gasteiger partial charge in [-0.15, -0.1) is 0 Å². The van der Waals surface area contributed by atoms with E-state index < -0.39 is 0 Å². The SMILES string of the molecule is Cc1cccc(C(=O)N2CCn3cc(CC(=O)NCc4cccnc4)nc3[C@H]2C)c1. The van der Waals surface area contributed by atoms with E-state index in [1.807, 2.05) is 61.3 Å². The lowest BCUT2D eigenvalue weighted by Gasteiger charge is -2.33. The number of nitrogens with zero attached hydrogens (tertiary/aromatic N) is 4. The van der Waals surface area contributed by atoms with Gasteiger partial charge in [0.05, 0.1) is 18.2 Å². The van der Waals surface area contributed by atoms with E-state index in [-0.39, 0.29) is 24.3 Å². The van der Waals surface area contributed by atoms with E-state index in [1.165, 1.54) is 0 Å². The maximum absolute atomic E-state index is 13.0. The van der Waals surface area contributed by atoms with Gasteiger partial charge in [0.2, 0.25) is 5.91 Å². The average Bonchev–Trinajstić information content (AvgIpc) is 3.16. The van der Waals surface area contributed by atoms with Gasteiger partial charge in [-0.2, -0.15) is 0 Å². The van der Waals surface area contributed by atoms with Crippen molar-refractivity contribution in [2.45, 2.75) is 39.4 Å². The van der Waals surface area contributed by atoms with Crippen LogP contribution in [0.2, 0.25) is 0 Å². The van der Waals surface area contributed by atoms with E-state index in [1.54, 1.807) is 12.4 Å². The standard InChI is InChI=1S/C23H25N5O2/c1-16-5-3-7-19(11-16)23(30)28-10-9-27-15-20(26-22(27)17(28)2)12-21(29)25-14-18-6-4-8-24-13-18/h3-8,11,13,15,17H,9-10,12,14H2,1-2H3,(H,25,29)/t17-/m1/s1. The molecule has 4 rings (SSSR count). The molecule has 0 unspecified atom stereocenters. The molecule has 1 aliphatic rings. The van der Waals surface area contributed by atoms with E-state index >= 15 is 0 Å². The average molecular weight is 403 g/mol. The molecular weight excluding hydrogens is 378 g/mol. The lowest BCUT2D eigenvalue weighted by Crippen LogP contribution is -2.41. The number of imidazole rings is 1. The number of hydrogen-bond acceptors (Lipinski definition) is 4. The molecule has 1 N–H and O–H groups in total. The van der Waals surface area contributed by atoms with Crippen molar-refractivity contribution in [3.8, 4) is 0 Å². The van der Waals surface area contributed by atoms with Crippen LogP contribution in [0, 0.1) is 6.92 Å². The first kappa shape index (κ1) is 19.8. The second-order valence-corrected chi connectivity index (χ2v) is 7.64. The predicted octanol–water partition coefficient (Wildman–Crippen LogP) is 2.66. The maximum atomic E-state index is 13.0. The van der Waals surface area contributed by atoms with Crippen molar-refractivity contribution in [1.82, 2.24) is 24.8 Å². The molecule has 0 bridgehead atoms. The fraction of sp³-hybridized carbons (Fsp3) is 0.304. The van der Waals surface area contributed by atoms with Crippen molar-refractivity contribution in [2.75, 3.05) is 6.54 Å². The summed E-state index contributed by atoms with van der Waals surface area (Å²) in [4.78, 5) is 35.9. The van der Waals surface area contributed by atoms with Crippen LogP contribution in [0.25, 0.3) is 0 Å². The van der Waals surface area contributed by atoms with Gasteiger partial charge in [0.25, 0.3) is 5.91 Å². The number of amides is 2. The van der Waals surface area contributed by atoms with Crippen molar-refractivity contribution in [3.05, 3.63) is 83.2 Å². The van der Waals surface area contributed by atoms with Crippen molar-refractivity contribution in [3.63, 3.8) is 0 Å². The largest absolute Gasteiger partial charge is 0.352 e. The van der Waals surface area contributed by atoms with Crippen molar-refractivity contribution in [2.24, 2.45) is 0 Å². The number of carbonyl (C=O) groups is 2. The normalized spacial score (nSPS) is 15.5. The minimum atomic E-state index is -0.154. The maximum Gasteiger partial charge on any atom is 0.254 e. The number of nitrogens with one attached hydrogen (secondary N) is 1. The lowest BCUT2D eigenvalue weighted by atomic mass is 10.1. The van der Waals surface area contributed by atoms with Gasteiger partial charge in [-0.05, 0) is 37.6 Å². The van der Waals surface area contributed by atoms with Crippen molar-refractivity contribution in [1.29, 1.82) is 0 Å². The van der Waals surface area contributed by atoms with Crippen LogP contribution in [0.15, 0.2) is 55.0 Å². The predicted molar refractivity (Wildman–Crippen MR) is 113 cm³/mol. The Balaban J connectivity index is 1.42. The second-order valence-electron chi connectivity index (χ2n) is 7.64. The van der Waals surface area contributed by atoms with Gasteiger partial charge in [-0.1, -0.05) is 23.8 Å². The zero-order valence-electron chi connectivity index (χ0n) is 17.2. The highest BCUT2D eigenvalue weighted by Gasteiger charge is 2.30. The Morgan fingerprint density at radius 3 is 2.83 bits per heavy atom. The van der Waals surface area contributed by atoms with Crippen LogP contribution in [0.5, 0.6) is 0 Å². The van der Waals surface area contributed by atoms with Crippen LogP contribution in [0.1, 0.15) is 46.0 Å². The molecule has 0 aliphatic carbocycles. The van der Waals surface area contributed by atoms with Crippen LogP contribution in [0.3, 0.4) is 0 Å². The number of carbonyl (C=O) groups excluding carboxylic acids is 2. The molecule has 7 nitrogen and oxygen atoms in total. The molecule has 0 fully saturated rings. The first-order chi connectivity index (χ1) is 14.5. The van der Waals surface area contributed by atoms with E-state index in [9.17, 15) is 9.59 Å². The summed E-state index contributed by atoms with van der Waals surface area (Å²) in [5.41, 5.74) is 3.42. The molecule has 3 aromatic rings. The molecule has 2 amide bonds. The van der Waals surface area contributed by atoms with Crippen LogP contribution in [0.4, 0.5) is 0 Å². The monoisotopic (exact) mass is 403 g/mol. The molecule has 0 saturated heterocycles. The van der Waals surface area contributed by atoms with Gasteiger partial charge in [0, 0.05) is 43.8 Å². The molecule has 1 atom stereocenters. The number of pyridine rings is 1. The van der Waals surface area contributed by atoms with Gasteiger partial charge < -0.3 is 14.8 Å². The van der Waals surface area contributed by atoms with Gasteiger partial charge in [-0.25, -0.2) is 4.98 Å². The van der Waals surface area contributed by atoms with Gasteiger partial charge in [-0.3, -0.25) is 14.6 Å². The summed E-state index contributed by atoms with van der Waals surface area (Å²) in [6, 6.07) is 11.3. The van der Waals surface area contributed by atoms with Gasteiger partial charge in [0.15, 0.2) is 0 Å². The summed E-state index contributed by atoms with van der Waals surface area (Å²) in [5, 5.41) is 2.90. The molecule has 2 aromatic heterocycles. The lowest BCUT2D eigenvalue weighted by molar-refractivity contribution is -0.120. The zero-order valence-corrected chi connectivity index (χ0v) is 17.2. The van der Waals surface area contributed by atoms with E-state index in [4.69, 9.17) is 0 Å². The number of rotatable bonds is 5. The summed E-state index contributed by atoms with van der Waals surface area (Å²) >= 11 is 0. The van der Waals surface area contributed by atoms with Crippen LogP contribution in [-0.4, -0.2) is 37.8 Å². The third-order valence-corrected chi connectivity index (χ3v) is 5.36. The highest BCUT2D eigenvalue weighted by atomic mass is 16.2. The number of benzene rings is 1. The van der Waals surface area contributed by atoms with E-state index in [0.29, 0.717) is 30.9 Å². The molecule has 1 aliphatic heterocycles. The molecule has 30 heavy (non-hydrogen) atoms. The minimum absolute atomic E-state index is 0.0104. The Hall–Kier alpha value is -3.48. The Kier molecular flexibility index (Phi) is 5.61. The molecule has 3 heterocycles.